The summed E-state index contributed by atoms with van der Waals surface area (Å²) in [6, 6.07) is 17.6. The molecule has 0 aliphatic carbocycles. The molecule has 8 nitrogen and oxygen atoms in total. The Morgan fingerprint density at radius 1 is 0.829 bits per heavy atom. The molecule has 0 bridgehead atoms. The van der Waals surface area contributed by atoms with E-state index < -0.39 is 0 Å². The number of rotatable bonds is 8. The van der Waals surface area contributed by atoms with Crippen LogP contribution in [0.4, 0.5) is 0 Å². The SMILES string of the molecule is O=C(CCn1c(CN2CCN(CC(=O)N3CCOCC3)CC2)nc2ccccc21)c1ccccc1. The van der Waals surface area contributed by atoms with Gasteiger partial charge in [0.15, 0.2) is 5.78 Å². The number of para-hydroxylation sites is 2. The van der Waals surface area contributed by atoms with Gasteiger partial charge in [-0.25, -0.2) is 4.98 Å². The lowest BCUT2D eigenvalue weighted by atomic mass is 10.1. The molecule has 0 radical (unpaired) electrons. The number of aryl methyl sites for hydroxylation is 1. The van der Waals surface area contributed by atoms with Crippen molar-refractivity contribution < 1.29 is 14.3 Å². The van der Waals surface area contributed by atoms with Crippen molar-refractivity contribution in [3.63, 3.8) is 0 Å². The van der Waals surface area contributed by atoms with Crippen molar-refractivity contribution in [1.82, 2.24) is 24.3 Å². The molecule has 184 valence electrons. The van der Waals surface area contributed by atoms with Gasteiger partial charge in [-0.05, 0) is 12.1 Å². The molecule has 35 heavy (non-hydrogen) atoms. The molecule has 0 atom stereocenters. The van der Waals surface area contributed by atoms with E-state index in [1.807, 2.05) is 53.4 Å². The lowest BCUT2D eigenvalue weighted by molar-refractivity contribution is -0.136. The maximum Gasteiger partial charge on any atom is 0.236 e. The number of Topliss-reactive ketones (excluding diaryl/α,β-unsaturated/α-hetero) is 1. The van der Waals surface area contributed by atoms with Gasteiger partial charge in [0, 0.05) is 57.8 Å². The maximum absolute atomic E-state index is 12.7. The number of ether oxygens (including phenoxy) is 1. The molecule has 2 saturated heterocycles. The van der Waals surface area contributed by atoms with Crippen LogP contribution >= 0.6 is 0 Å². The predicted molar refractivity (Wildman–Crippen MR) is 134 cm³/mol. The molecule has 5 rings (SSSR count). The first kappa shape index (κ1) is 23.7. The van der Waals surface area contributed by atoms with Crippen LogP contribution in [-0.2, 0) is 22.6 Å². The molecular weight excluding hydrogens is 442 g/mol. The Morgan fingerprint density at radius 2 is 1.51 bits per heavy atom. The minimum absolute atomic E-state index is 0.146. The number of carbonyl (C=O) groups excluding carboxylic acids is 2. The largest absolute Gasteiger partial charge is 0.378 e. The number of hydrogen-bond donors (Lipinski definition) is 0. The molecule has 3 heterocycles. The van der Waals surface area contributed by atoms with Gasteiger partial charge in [0.05, 0.1) is 37.3 Å². The van der Waals surface area contributed by atoms with Crippen LogP contribution in [-0.4, -0.2) is 95.0 Å². The number of piperazine rings is 1. The van der Waals surface area contributed by atoms with Gasteiger partial charge in [-0.1, -0.05) is 42.5 Å². The molecule has 0 spiro atoms. The molecule has 2 fully saturated rings. The monoisotopic (exact) mass is 475 g/mol. The van der Waals surface area contributed by atoms with E-state index in [4.69, 9.17) is 9.72 Å². The second-order valence-corrected chi connectivity index (χ2v) is 9.25. The summed E-state index contributed by atoms with van der Waals surface area (Å²) in [6.45, 7) is 8.00. The Kier molecular flexibility index (Phi) is 7.51. The Hall–Kier alpha value is -3.07. The van der Waals surface area contributed by atoms with Crippen LogP contribution in [0.15, 0.2) is 54.6 Å². The number of nitrogens with zero attached hydrogens (tertiary/aromatic N) is 5. The Balaban J connectivity index is 1.20. The van der Waals surface area contributed by atoms with E-state index in [1.165, 1.54) is 0 Å². The van der Waals surface area contributed by atoms with Crippen molar-refractivity contribution in [2.75, 3.05) is 59.0 Å². The lowest BCUT2D eigenvalue weighted by Gasteiger charge is -2.35. The second-order valence-electron chi connectivity index (χ2n) is 9.25. The lowest BCUT2D eigenvalue weighted by Crippen LogP contribution is -2.51. The van der Waals surface area contributed by atoms with Crippen molar-refractivity contribution in [3.05, 3.63) is 66.0 Å². The maximum atomic E-state index is 12.7. The number of carbonyl (C=O) groups is 2. The molecule has 0 N–H and O–H groups in total. The van der Waals surface area contributed by atoms with Gasteiger partial charge >= 0.3 is 0 Å². The predicted octanol–water partition coefficient (Wildman–Crippen LogP) is 2.29. The van der Waals surface area contributed by atoms with E-state index in [1.54, 1.807) is 0 Å². The summed E-state index contributed by atoms with van der Waals surface area (Å²) in [5.74, 6) is 1.34. The minimum atomic E-state index is 0.146. The zero-order chi connectivity index (χ0) is 24.0. The van der Waals surface area contributed by atoms with Gasteiger partial charge in [0.25, 0.3) is 0 Å². The highest BCUT2D eigenvalue weighted by Crippen LogP contribution is 2.19. The standard InChI is InChI=1S/C27H33N5O3/c33-25(22-6-2-1-3-7-22)10-11-32-24-9-5-4-8-23(24)28-26(32)20-29-12-14-30(15-13-29)21-27(34)31-16-18-35-19-17-31/h1-9H,10-21H2. The van der Waals surface area contributed by atoms with Crippen LogP contribution in [0.2, 0.25) is 0 Å². The first-order valence-corrected chi connectivity index (χ1v) is 12.5. The fourth-order valence-corrected chi connectivity index (χ4v) is 4.89. The molecule has 1 amide bonds. The minimum Gasteiger partial charge on any atom is -0.378 e. The third-order valence-corrected chi connectivity index (χ3v) is 6.94. The van der Waals surface area contributed by atoms with Crippen LogP contribution in [0.25, 0.3) is 11.0 Å². The van der Waals surface area contributed by atoms with E-state index >= 15 is 0 Å². The average Bonchev–Trinajstić information content (AvgIpc) is 3.26. The number of benzene rings is 2. The molecule has 2 aromatic carbocycles. The van der Waals surface area contributed by atoms with Gasteiger partial charge in [0.2, 0.25) is 5.91 Å². The number of hydrogen-bond acceptors (Lipinski definition) is 6. The molecule has 2 aliphatic heterocycles. The van der Waals surface area contributed by atoms with E-state index in [-0.39, 0.29) is 11.7 Å². The van der Waals surface area contributed by atoms with Crippen molar-refractivity contribution in [1.29, 1.82) is 0 Å². The van der Waals surface area contributed by atoms with Crippen LogP contribution in [0.3, 0.4) is 0 Å². The molecule has 0 saturated carbocycles. The van der Waals surface area contributed by atoms with Crippen molar-refractivity contribution in [2.45, 2.75) is 19.5 Å². The molecule has 3 aromatic rings. The zero-order valence-electron chi connectivity index (χ0n) is 20.1. The number of fused-ring (bicyclic) bond motifs is 1. The molecule has 8 heteroatoms. The summed E-state index contributed by atoms with van der Waals surface area (Å²) in [5, 5.41) is 0. The Labute approximate surface area is 206 Å². The number of aromatic nitrogens is 2. The Morgan fingerprint density at radius 3 is 2.29 bits per heavy atom. The van der Waals surface area contributed by atoms with Crippen LogP contribution in [0.5, 0.6) is 0 Å². The van der Waals surface area contributed by atoms with Crippen molar-refractivity contribution in [3.8, 4) is 0 Å². The first-order valence-electron chi connectivity index (χ1n) is 12.5. The topological polar surface area (TPSA) is 70.9 Å². The van der Waals surface area contributed by atoms with E-state index in [2.05, 4.69) is 20.4 Å². The highest BCUT2D eigenvalue weighted by molar-refractivity contribution is 5.96. The third-order valence-electron chi connectivity index (χ3n) is 6.94. The molecular formula is C27H33N5O3. The van der Waals surface area contributed by atoms with E-state index in [0.717, 1.165) is 55.1 Å². The third kappa shape index (κ3) is 5.78. The quantitative estimate of drug-likeness (QED) is 0.466. The molecule has 2 aliphatic rings. The van der Waals surface area contributed by atoms with E-state index in [9.17, 15) is 9.59 Å². The average molecular weight is 476 g/mol. The normalized spacial score (nSPS) is 17.7. The molecule has 0 unspecified atom stereocenters. The van der Waals surface area contributed by atoms with Gasteiger partial charge < -0.3 is 14.2 Å². The summed E-state index contributed by atoms with van der Waals surface area (Å²) >= 11 is 0. The number of amides is 1. The second kappa shape index (κ2) is 11.1. The van der Waals surface area contributed by atoms with Gasteiger partial charge in [0.1, 0.15) is 5.82 Å². The van der Waals surface area contributed by atoms with E-state index in [0.29, 0.717) is 45.8 Å². The summed E-state index contributed by atoms with van der Waals surface area (Å²) < 4.78 is 7.55. The van der Waals surface area contributed by atoms with Crippen molar-refractivity contribution in [2.24, 2.45) is 0 Å². The van der Waals surface area contributed by atoms with Crippen LogP contribution in [0.1, 0.15) is 22.6 Å². The number of morpholine rings is 1. The van der Waals surface area contributed by atoms with Gasteiger partial charge in [-0.15, -0.1) is 0 Å². The zero-order valence-corrected chi connectivity index (χ0v) is 20.1. The highest BCUT2D eigenvalue weighted by Gasteiger charge is 2.24. The van der Waals surface area contributed by atoms with Gasteiger partial charge in [-0.3, -0.25) is 19.4 Å². The molecule has 1 aromatic heterocycles. The highest BCUT2D eigenvalue weighted by atomic mass is 16.5. The number of imidazole rings is 1. The summed E-state index contributed by atoms with van der Waals surface area (Å²) in [6.07, 6.45) is 0.439. The first-order chi connectivity index (χ1) is 17.2. The number of ketones is 1. The summed E-state index contributed by atoms with van der Waals surface area (Å²) in [5.41, 5.74) is 2.78. The fourth-order valence-electron chi connectivity index (χ4n) is 4.89. The van der Waals surface area contributed by atoms with Crippen molar-refractivity contribution >= 4 is 22.7 Å². The summed E-state index contributed by atoms with van der Waals surface area (Å²) in [4.78, 5) is 36.8. The van der Waals surface area contributed by atoms with Gasteiger partial charge in [-0.2, -0.15) is 0 Å². The van der Waals surface area contributed by atoms with Crippen LogP contribution in [0, 0.1) is 0 Å². The fraction of sp³-hybridized carbons (Fsp3) is 0.444. The smallest absolute Gasteiger partial charge is 0.236 e. The Bertz CT molecular complexity index is 1150. The summed E-state index contributed by atoms with van der Waals surface area (Å²) in [7, 11) is 0. The van der Waals surface area contributed by atoms with Crippen LogP contribution < -0.4 is 0 Å².